The van der Waals surface area contributed by atoms with Gasteiger partial charge in [0.15, 0.2) is 0 Å². The predicted octanol–water partition coefficient (Wildman–Crippen LogP) is 4.61. The first kappa shape index (κ1) is 22.7. The molecule has 2 N–H and O–H groups in total. The van der Waals surface area contributed by atoms with Crippen molar-refractivity contribution in [3.63, 3.8) is 0 Å². The van der Waals surface area contributed by atoms with Gasteiger partial charge in [-0.05, 0) is 49.3 Å². The lowest BCUT2D eigenvalue weighted by Gasteiger charge is -2.29. The van der Waals surface area contributed by atoms with Gasteiger partial charge in [0.2, 0.25) is 5.71 Å². The maximum absolute atomic E-state index is 13.1. The van der Waals surface area contributed by atoms with E-state index in [1.54, 1.807) is 6.92 Å². The van der Waals surface area contributed by atoms with Crippen LogP contribution in [0, 0.1) is 18.3 Å². The van der Waals surface area contributed by atoms with Crippen molar-refractivity contribution in [1.82, 2.24) is 15.3 Å². The highest BCUT2D eigenvalue weighted by Crippen LogP contribution is 2.40. The second-order valence-electron chi connectivity index (χ2n) is 9.66. The summed E-state index contributed by atoms with van der Waals surface area (Å²) in [4.78, 5) is 22.4. The first-order valence-corrected chi connectivity index (χ1v) is 10.9. The average Bonchev–Trinajstić information content (AvgIpc) is 3.26. The number of carbonyl (C=O) groups is 1. The number of allylic oxidation sites excluding steroid dienone is 1. The molecular formula is C22H31BN4O2S. The van der Waals surface area contributed by atoms with Gasteiger partial charge in [-0.15, -0.1) is 12.6 Å². The van der Waals surface area contributed by atoms with Gasteiger partial charge in [0.05, 0.1) is 10.9 Å². The van der Waals surface area contributed by atoms with Crippen molar-refractivity contribution >= 4 is 43.3 Å². The molecule has 0 unspecified atom stereocenters. The van der Waals surface area contributed by atoms with E-state index in [1.165, 1.54) is 6.33 Å². The monoisotopic (exact) mass is 426 g/mol. The minimum Gasteiger partial charge on any atom is -0.442 e. The molecule has 6 nitrogen and oxygen atoms in total. The Kier molecular flexibility index (Phi) is 6.28. The maximum atomic E-state index is 13.1. The quantitative estimate of drug-likeness (QED) is 0.425. The third kappa shape index (κ3) is 4.85. The number of thiol groups is 1. The van der Waals surface area contributed by atoms with Gasteiger partial charge in [0.1, 0.15) is 25.8 Å². The number of nitrogens with zero attached hydrogens (tertiary/aromatic N) is 2. The molecule has 2 aromatic rings. The van der Waals surface area contributed by atoms with Crippen LogP contribution in [0.2, 0.25) is 0 Å². The van der Waals surface area contributed by atoms with Crippen LogP contribution >= 0.6 is 12.6 Å². The van der Waals surface area contributed by atoms with Gasteiger partial charge in [0, 0.05) is 12.1 Å². The summed E-state index contributed by atoms with van der Waals surface area (Å²) in [6.45, 7) is 12.7. The lowest BCUT2D eigenvalue weighted by molar-refractivity contribution is 0.0957. The Hall–Kier alpha value is -1.96. The predicted molar refractivity (Wildman–Crippen MR) is 125 cm³/mol. The summed E-state index contributed by atoms with van der Waals surface area (Å²) >= 11 is 4.66. The highest BCUT2D eigenvalue weighted by atomic mass is 32.1. The number of aryl methyl sites for hydroxylation is 1. The highest BCUT2D eigenvalue weighted by molar-refractivity contribution is 7.84. The molecule has 2 heterocycles. The number of rotatable bonds is 8. The summed E-state index contributed by atoms with van der Waals surface area (Å²) in [6.07, 6.45) is 4.53. The van der Waals surface area contributed by atoms with Crippen LogP contribution in [0.15, 0.2) is 21.1 Å². The van der Waals surface area contributed by atoms with Gasteiger partial charge in [-0.25, -0.2) is 9.97 Å². The maximum Gasteiger partial charge on any atom is 0.255 e. The molecule has 160 valence electrons. The fraction of sp³-hybridized carbons (Fsp3) is 0.591. The zero-order valence-electron chi connectivity index (χ0n) is 18.7. The van der Waals surface area contributed by atoms with E-state index in [0.717, 1.165) is 24.2 Å². The van der Waals surface area contributed by atoms with Crippen LogP contribution in [0.5, 0.6) is 0 Å². The third-order valence-corrected chi connectivity index (χ3v) is 6.51. The summed E-state index contributed by atoms with van der Waals surface area (Å²) in [6, 6.07) is 0. The summed E-state index contributed by atoms with van der Waals surface area (Å²) in [5.74, 6) is 1.37. The van der Waals surface area contributed by atoms with E-state index in [4.69, 9.17) is 12.3 Å². The number of fused-ring (bicyclic) bond motifs is 1. The number of amides is 1. The van der Waals surface area contributed by atoms with Crippen LogP contribution in [0.3, 0.4) is 0 Å². The molecule has 0 saturated heterocycles. The second kappa shape index (κ2) is 8.29. The fourth-order valence-corrected chi connectivity index (χ4v) is 4.08. The van der Waals surface area contributed by atoms with Crippen molar-refractivity contribution in [1.29, 1.82) is 0 Å². The first-order valence-electron chi connectivity index (χ1n) is 10.4. The number of carbonyl (C=O) groups excluding carboxylic acids is 1. The molecule has 2 aromatic heterocycles. The number of anilines is 1. The van der Waals surface area contributed by atoms with E-state index in [2.05, 4.69) is 67.8 Å². The molecule has 0 atom stereocenters. The Morgan fingerprint density at radius 2 is 2.03 bits per heavy atom. The molecule has 1 aliphatic carbocycles. The first-order chi connectivity index (χ1) is 13.9. The van der Waals surface area contributed by atoms with Crippen LogP contribution in [-0.4, -0.2) is 35.8 Å². The largest absolute Gasteiger partial charge is 0.442 e. The molecule has 0 bridgehead atoms. The van der Waals surface area contributed by atoms with Crippen molar-refractivity contribution in [2.24, 2.45) is 11.3 Å². The molecule has 0 aromatic carbocycles. The number of nitrogens with one attached hydrogen (secondary N) is 2. The SMILES string of the molecule is [B]/C(CNC(=O)c1c(C)oc2ncnc(NC3(C)CC3)c12)=C(\S)C(C)(C)CC(C)C. The summed E-state index contributed by atoms with van der Waals surface area (Å²) in [5.41, 5.74) is 1.25. The Labute approximate surface area is 185 Å². The molecule has 1 saturated carbocycles. The molecule has 1 amide bonds. The molecular weight excluding hydrogens is 395 g/mol. The van der Waals surface area contributed by atoms with E-state index in [-0.39, 0.29) is 23.4 Å². The summed E-state index contributed by atoms with van der Waals surface area (Å²) < 4.78 is 5.74. The van der Waals surface area contributed by atoms with E-state index in [9.17, 15) is 4.79 Å². The molecule has 8 heteroatoms. The van der Waals surface area contributed by atoms with Crippen molar-refractivity contribution in [3.8, 4) is 0 Å². The highest BCUT2D eigenvalue weighted by Gasteiger charge is 2.38. The number of hydrogen-bond acceptors (Lipinski definition) is 6. The summed E-state index contributed by atoms with van der Waals surface area (Å²) in [7, 11) is 6.28. The van der Waals surface area contributed by atoms with Gasteiger partial charge < -0.3 is 15.1 Å². The normalized spacial score (nSPS) is 16.5. The fourth-order valence-electron chi connectivity index (χ4n) is 3.91. The second-order valence-corrected chi connectivity index (χ2v) is 10.1. The average molecular weight is 426 g/mol. The Bertz CT molecular complexity index is 992. The number of hydrogen-bond donors (Lipinski definition) is 3. The molecule has 0 spiro atoms. The Balaban J connectivity index is 1.83. The molecule has 1 fully saturated rings. The standard InChI is InChI=1S/C22H31BN4O2S/c1-12(2)9-21(4,5)17(30)14(23)10-24-19(28)15-13(3)29-20-16(15)18(25-11-26-20)27-22(6)7-8-22/h11-12,30H,7-10H2,1-6H3,(H,24,28)(H,25,26,27)/b17-14-. The zero-order valence-corrected chi connectivity index (χ0v) is 19.6. The Morgan fingerprint density at radius 3 is 2.63 bits per heavy atom. The van der Waals surface area contributed by atoms with E-state index >= 15 is 0 Å². The topological polar surface area (TPSA) is 80.1 Å². The molecule has 3 rings (SSSR count). The van der Waals surface area contributed by atoms with Crippen molar-refractivity contribution in [3.05, 3.63) is 28.0 Å². The van der Waals surface area contributed by atoms with E-state index in [1.807, 2.05) is 0 Å². The van der Waals surface area contributed by atoms with Crippen LogP contribution in [0.25, 0.3) is 11.1 Å². The van der Waals surface area contributed by atoms with Crippen LogP contribution < -0.4 is 10.6 Å². The molecule has 0 aliphatic heterocycles. The van der Waals surface area contributed by atoms with Gasteiger partial charge >= 0.3 is 0 Å². The van der Waals surface area contributed by atoms with Gasteiger partial charge in [-0.3, -0.25) is 4.79 Å². The lowest BCUT2D eigenvalue weighted by atomic mass is 9.78. The van der Waals surface area contributed by atoms with E-state index in [0.29, 0.717) is 39.6 Å². The number of furan rings is 1. The number of aromatic nitrogens is 2. The van der Waals surface area contributed by atoms with Crippen molar-refractivity contribution in [2.45, 2.75) is 66.3 Å². The van der Waals surface area contributed by atoms with E-state index < -0.39 is 0 Å². The van der Waals surface area contributed by atoms with Crippen LogP contribution in [-0.2, 0) is 0 Å². The van der Waals surface area contributed by atoms with Gasteiger partial charge in [0.25, 0.3) is 5.91 Å². The smallest absolute Gasteiger partial charge is 0.255 e. The van der Waals surface area contributed by atoms with Gasteiger partial charge in [-0.2, -0.15) is 0 Å². The minimum atomic E-state index is -0.268. The lowest BCUT2D eigenvalue weighted by Crippen LogP contribution is -2.28. The zero-order chi connectivity index (χ0) is 22.3. The van der Waals surface area contributed by atoms with Gasteiger partial charge in [-0.1, -0.05) is 33.2 Å². The Morgan fingerprint density at radius 1 is 1.37 bits per heavy atom. The molecule has 30 heavy (non-hydrogen) atoms. The van der Waals surface area contributed by atoms with Crippen LogP contribution in [0.1, 0.15) is 70.0 Å². The van der Waals surface area contributed by atoms with Crippen LogP contribution in [0.4, 0.5) is 5.82 Å². The third-order valence-electron chi connectivity index (χ3n) is 5.61. The molecule has 2 radical (unpaired) electrons. The minimum absolute atomic E-state index is 0.0102. The molecule has 1 aliphatic rings. The summed E-state index contributed by atoms with van der Waals surface area (Å²) in [5, 5.41) is 6.95. The van der Waals surface area contributed by atoms with Crippen molar-refractivity contribution < 1.29 is 9.21 Å². The van der Waals surface area contributed by atoms with Crippen molar-refractivity contribution in [2.75, 3.05) is 11.9 Å².